The summed E-state index contributed by atoms with van der Waals surface area (Å²) >= 11 is 0. The molecule has 0 N–H and O–H groups in total. The third-order valence-electron chi connectivity index (χ3n) is 13.2. The molecular formula is C60H37N3O. The van der Waals surface area contributed by atoms with E-state index in [1.54, 1.807) is 0 Å². The summed E-state index contributed by atoms with van der Waals surface area (Å²) in [7, 11) is 0. The number of rotatable bonds is 5. The lowest BCUT2D eigenvalue weighted by atomic mass is 9.65. The Bertz CT molecular complexity index is 3520. The van der Waals surface area contributed by atoms with E-state index in [2.05, 4.69) is 188 Å². The molecular weight excluding hydrogens is 779 g/mol. The monoisotopic (exact) mass is 815 g/mol. The maximum Gasteiger partial charge on any atom is 0.160 e. The molecule has 9 aromatic carbocycles. The highest BCUT2D eigenvalue weighted by atomic mass is 16.5. The second-order valence-electron chi connectivity index (χ2n) is 16.7. The van der Waals surface area contributed by atoms with Crippen molar-refractivity contribution in [1.82, 2.24) is 15.0 Å². The number of fused-ring (bicyclic) bond motifs is 12. The molecule has 0 saturated carbocycles. The summed E-state index contributed by atoms with van der Waals surface area (Å²) in [4.78, 5) is 15.4. The predicted octanol–water partition coefficient (Wildman–Crippen LogP) is 15.0. The molecule has 0 saturated heterocycles. The Hall–Kier alpha value is -8.47. The molecule has 0 atom stereocenters. The summed E-state index contributed by atoms with van der Waals surface area (Å²) in [5.74, 6) is 2.37. The number of benzene rings is 9. The van der Waals surface area contributed by atoms with Crippen molar-refractivity contribution >= 4 is 21.7 Å². The van der Waals surface area contributed by atoms with Crippen LogP contribution in [-0.4, -0.2) is 15.0 Å². The molecule has 298 valence electrons. The Kier molecular flexibility index (Phi) is 8.09. The summed E-state index contributed by atoms with van der Waals surface area (Å²) in [6.07, 6.45) is 0. The van der Waals surface area contributed by atoms with Gasteiger partial charge in [-0.3, -0.25) is 0 Å². The second kappa shape index (κ2) is 14.3. The molecule has 0 bridgehead atoms. The zero-order valence-corrected chi connectivity index (χ0v) is 34.6. The maximum atomic E-state index is 7.23. The predicted molar refractivity (Wildman–Crippen MR) is 259 cm³/mol. The smallest absolute Gasteiger partial charge is 0.160 e. The number of aromatic nitrogens is 3. The van der Waals surface area contributed by atoms with Crippen LogP contribution in [0.5, 0.6) is 11.5 Å². The van der Waals surface area contributed by atoms with Gasteiger partial charge in [-0.25, -0.2) is 15.0 Å². The summed E-state index contributed by atoms with van der Waals surface area (Å²) in [6, 6.07) is 79.5. The minimum Gasteiger partial charge on any atom is -0.457 e. The first-order chi connectivity index (χ1) is 31.7. The lowest BCUT2D eigenvalue weighted by Crippen LogP contribution is -2.32. The van der Waals surface area contributed by atoms with Crippen LogP contribution in [0.3, 0.4) is 0 Å². The molecule has 13 rings (SSSR count). The van der Waals surface area contributed by atoms with Gasteiger partial charge in [0.15, 0.2) is 5.82 Å². The molecule has 3 heterocycles. The van der Waals surface area contributed by atoms with Crippen LogP contribution in [0, 0.1) is 0 Å². The number of ether oxygens (including phenoxy) is 1. The highest BCUT2D eigenvalue weighted by Crippen LogP contribution is 2.63. The van der Waals surface area contributed by atoms with Crippen molar-refractivity contribution in [3.05, 3.63) is 247 Å². The van der Waals surface area contributed by atoms with E-state index in [4.69, 9.17) is 19.7 Å². The number of nitrogens with zero attached hydrogens (tertiary/aromatic N) is 3. The molecule has 4 nitrogen and oxygen atoms in total. The first kappa shape index (κ1) is 36.2. The van der Waals surface area contributed by atoms with Gasteiger partial charge in [0.1, 0.15) is 11.5 Å². The molecule has 11 aromatic rings. The normalized spacial score (nSPS) is 12.9. The molecule has 0 unspecified atom stereocenters. The van der Waals surface area contributed by atoms with Crippen LogP contribution in [0.4, 0.5) is 0 Å². The van der Waals surface area contributed by atoms with Gasteiger partial charge >= 0.3 is 0 Å². The van der Waals surface area contributed by atoms with Crippen LogP contribution in [0.1, 0.15) is 22.3 Å². The lowest BCUT2D eigenvalue weighted by molar-refractivity contribution is 0.437. The van der Waals surface area contributed by atoms with Gasteiger partial charge in [-0.2, -0.15) is 0 Å². The minimum absolute atomic E-state index is 0.621. The Labute approximate surface area is 370 Å². The van der Waals surface area contributed by atoms with Gasteiger partial charge in [-0.15, -0.1) is 0 Å². The Morgan fingerprint density at radius 3 is 1.53 bits per heavy atom. The minimum atomic E-state index is -0.621. The van der Waals surface area contributed by atoms with E-state index < -0.39 is 5.41 Å². The quantitative estimate of drug-likeness (QED) is 0.162. The van der Waals surface area contributed by atoms with Crippen molar-refractivity contribution in [1.29, 1.82) is 0 Å². The van der Waals surface area contributed by atoms with Crippen molar-refractivity contribution < 1.29 is 4.74 Å². The van der Waals surface area contributed by atoms with E-state index in [0.29, 0.717) is 5.82 Å². The third kappa shape index (κ3) is 5.52. The van der Waals surface area contributed by atoms with E-state index in [9.17, 15) is 0 Å². The second-order valence-corrected chi connectivity index (χ2v) is 16.7. The maximum absolute atomic E-state index is 7.23. The molecule has 1 aliphatic heterocycles. The van der Waals surface area contributed by atoms with E-state index in [0.717, 1.165) is 94.8 Å². The number of pyridine rings is 1. The fourth-order valence-electron chi connectivity index (χ4n) is 10.2. The van der Waals surface area contributed by atoms with Gasteiger partial charge in [0.05, 0.1) is 28.0 Å². The zero-order valence-electron chi connectivity index (χ0n) is 34.6. The van der Waals surface area contributed by atoms with Gasteiger partial charge < -0.3 is 4.74 Å². The van der Waals surface area contributed by atoms with E-state index in [-0.39, 0.29) is 0 Å². The van der Waals surface area contributed by atoms with Gasteiger partial charge in [-0.1, -0.05) is 194 Å². The Morgan fingerprint density at radius 2 is 0.844 bits per heavy atom. The lowest BCUT2D eigenvalue weighted by Gasteiger charge is -2.40. The van der Waals surface area contributed by atoms with Gasteiger partial charge in [0.2, 0.25) is 0 Å². The zero-order chi connectivity index (χ0) is 42.2. The van der Waals surface area contributed by atoms with Crippen molar-refractivity contribution in [3.8, 4) is 78.9 Å². The van der Waals surface area contributed by atoms with Gasteiger partial charge in [-0.05, 0) is 69.1 Å². The van der Waals surface area contributed by atoms with Crippen molar-refractivity contribution in [2.24, 2.45) is 0 Å². The van der Waals surface area contributed by atoms with Crippen LogP contribution >= 0.6 is 0 Å². The fraction of sp³-hybridized carbons (Fsp3) is 0.0167. The fourth-order valence-corrected chi connectivity index (χ4v) is 10.2. The largest absolute Gasteiger partial charge is 0.457 e. The van der Waals surface area contributed by atoms with Crippen molar-refractivity contribution in [2.45, 2.75) is 5.41 Å². The van der Waals surface area contributed by atoms with Crippen LogP contribution in [0.25, 0.3) is 89.1 Å². The highest BCUT2D eigenvalue weighted by molar-refractivity contribution is 6.12. The topological polar surface area (TPSA) is 47.9 Å². The first-order valence-corrected chi connectivity index (χ1v) is 21.8. The average Bonchev–Trinajstić information content (AvgIpc) is 3.66. The summed E-state index contributed by atoms with van der Waals surface area (Å²) in [5, 5.41) is 3.33. The molecule has 0 amide bonds. The number of para-hydroxylation sites is 1. The molecule has 64 heavy (non-hydrogen) atoms. The third-order valence-corrected chi connectivity index (χ3v) is 13.2. The Balaban J connectivity index is 0.988. The Morgan fingerprint density at radius 1 is 0.312 bits per heavy atom. The van der Waals surface area contributed by atoms with Crippen molar-refractivity contribution in [2.75, 3.05) is 0 Å². The molecule has 1 aliphatic carbocycles. The molecule has 0 radical (unpaired) electrons. The van der Waals surface area contributed by atoms with Crippen LogP contribution in [-0.2, 0) is 5.41 Å². The molecule has 0 fully saturated rings. The standard InChI is InChI=1S/C60H37N3O/c1-4-16-39(17-5-1)54-37-55(63-59(62-54)42-20-8-3-9-21-42)40-30-28-38(29-31-40)43-32-33-51-56(34-43)64-57-36-48-47(46-24-12-15-27-53(46)61-58(48)41-18-6-2-7-19-41)35-52(57)60(51)49-25-13-10-22-44(49)45-23-11-14-26-50(45)60/h1-37H. The van der Waals surface area contributed by atoms with E-state index in [1.165, 1.54) is 22.3 Å². The molecule has 2 aliphatic rings. The summed E-state index contributed by atoms with van der Waals surface area (Å²) in [5.41, 5.74) is 16.6. The molecule has 1 spiro atoms. The van der Waals surface area contributed by atoms with E-state index in [1.807, 2.05) is 36.4 Å². The molecule has 4 heteroatoms. The number of hydrogen-bond acceptors (Lipinski definition) is 4. The van der Waals surface area contributed by atoms with Gasteiger partial charge in [0.25, 0.3) is 0 Å². The van der Waals surface area contributed by atoms with Crippen LogP contribution < -0.4 is 4.74 Å². The highest BCUT2D eigenvalue weighted by Gasteiger charge is 2.51. The number of hydrogen-bond donors (Lipinski definition) is 0. The van der Waals surface area contributed by atoms with Crippen molar-refractivity contribution in [3.63, 3.8) is 0 Å². The summed E-state index contributed by atoms with van der Waals surface area (Å²) < 4.78 is 7.23. The van der Waals surface area contributed by atoms with E-state index >= 15 is 0 Å². The van der Waals surface area contributed by atoms with Crippen LogP contribution in [0.15, 0.2) is 224 Å². The molecule has 2 aromatic heterocycles. The SMILES string of the molecule is c1ccc(-c2cc(-c3ccc(-c4ccc5c(c4)Oc4cc6c(-c7ccccc7)nc7ccccc7c6cc4C54c5ccccc5-c5ccccc54)cc3)nc(-c3ccccc3)n2)cc1. The summed E-state index contributed by atoms with van der Waals surface area (Å²) in [6.45, 7) is 0. The van der Waals surface area contributed by atoms with Gasteiger partial charge in [0, 0.05) is 44.2 Å². The van der Waals surface area contributed by atoms with Crippen LogP contribution in [0.2, 0.25) is 0 Å². The average molecular weight is 816 g/mol. The first-order valence-electron chi connectivity index (χ1n) is 21.8.